The van der Waals surface area contributed by atoms with Crippen molar-refractivity contribution in [1.82, 2.24) is 29.9 Å². The van der Waals surface area contributed by atoms with Crippen molar-refractivity contribution in [3.63, 3.8) is 0 Å². The molecule has 0 saturated carbocycles. The Bertz CT molecular complexity index is 1300. The Morgan fingerprint density at radius 1 is 1.19 bits per heavy atom. The average molecular weight is 420 g/mol. The molecule has 2 aromatic carbocycles. The lowest BCUT2D eigenvalue weighted by Gasteiger charge is -2.16. The van der Waals surface area contributed by atoms with E-state index >= 15 is 0 Å². The molecule has 9 heteroatoms. The number of hydrogen-bond acceptors (Lipinski definition) is 4. The summed E-state index contributed by atoms with van der Waals surface area (Å²) in [7, 11) is 0. The van der Waals surface area contributed by atoms with E-state index < -0.39 is 0 Å². The van der Waals surface area contributed by atoms with Crippen LogP contribution < -0.4 is 11.0 Å². The highest BCUT2D eigenvalue weighted by Crippen LogP contribution is 2.17. The quantitative estimate of drug-likeness (QED) is 0.529. The molecular formula is C22H21FN6O2. The molecule has 0 fully saturated rings. The summed E-state index contributed by atoms with van der Waals surface area (Å²) in [5, 5.41) is 15.3. The second kappa shape index (κ2) is 7.82. The van der Waals surface area contributed by atoms with Gasteiger partial charge >= 0.3 is 5.69 Å². The molecule has 1 aliphatic rings. The highest BCUT2D eigenvalue weighted by molar-refractivity contribution is 6.05. The molecular weight excluding hydrogens is 399 g/mol. The summed E-state index contributed by atoms with van der Waals surface area (Å²) in [5.41, 5.74) is 1.90. The van der Waals surface area contributed by atoms with E-state index in [1.807, 2.05) is 12.1 Å². The number of para-hydroxylation sites is 1. The van der Waals surface area contributed by atoms with E-state index in [1.54, 1.807) is 29.0 Å². The molecule has 0 saturated heterocycles. The standard InChI is InChI=1S/C22H21FN6O2/c23-16-6-4-14(5-7-16)13-29-22(31)28-11-10-17(8-9-19(28)27-29)25-21(30)18-3-1-2-15-12-24-26-20(15)18/h1-7,12,17H,8-11,13H2,(H,24,26)(H,25,30). The number of fused-ring (bicyclic) bond motifs is 2. The number of benzene rings is 2. The minimum absolute atomic E-state index is 0.0580. The van der Waals surface area contributed by atoms with Crippen molar-refractivity contribution in [3.8, 4) is 0 Å². The van der Waals surface area contributed by atoms with E-state index in [-0.39, 0.29) is 23.5 Å². The largest absolute Gasteiger partial charge is 0.349 e. The van der Waals surface area contributed by atoms with Gasteiger partial charge in [-0.15, -0.1) is 0 Å². The highest BCUT2D eigenvalue weighted by atomic mass is 19.1. The lowest BCUT2D eigenvalue weighted by molar-refractivity contribution is 0.0934. The first-order chi connectivity index (χ1) is 15.1. The van der Waals surface area contributed by atoms with Gasteiger partial charge in [-0.1, -0.05) is 24.3 Å². The molecule has 1 atom stereocenters. The van der Waals surface area contributed by atoms with Crippen LogP contribution in [0.4, 0.5) is 4.39 Å². The molecule has 0 radical (unpaired) electrons. The number of rotatable bonds is 4. The molecule has 2 N–H and O–H groups in total. The third-order valence-corrected chi connectivity index (χ3v) is 5.72. The Hall–Kier alpha value is -3.75. The van der Waals surface area contributed by atoms with Crippen molar-refractivity contribution in [2.45, 2.75) is 38.4 Å². The maximum absolute atomic E-state index is 13.1. The predicted molar refractivity (Wildman–Crippen MR) is 112 cm³/mol. The Kier molecular flexibility index (Phi) is 4.85. The monoisotopic (exact) mass is 420 g/mol. The van der Waals surface area contributed by atoms with Crippen LogP contribution in [-0.2, 0) is 19.5 Å². The van der Waals surface area contributed by atoms with Crippen LogP contribution in [0.1, 0.15) is 34.6 Å². The smallest absolute Gasteiger partial charge is 0.346 e. The van der Waals surface area contributed by atoms with Crippen LogP contribution in [0.25, 0.3) is 10.9 Å². The van der Waals surface area contributed by atoms with Gasteiger partial charge in [0, 0.05) is 24.4 Å². The van der Waals surface area contributed by atoms with Crippen LogP contribution in [-0.4, -0.2) is 36.5 Å². The summed E-state index contributed by atoms with van der Waals surface area (Å²) in [6.07, 6.45) is 3.61. The number of halogens is 1. The molecule has 8 nitrogen and oxygen atoms in total. The fourth-order valence-corrected chi connectivity index (χ4v) is 4.06. The van der Waals surface area contributed by atoms with Crippen molar-refractivity contribution < 1.29 is 9.18 Å². The van der Waals surface area contributed by atoms with Crippen LogP contribution in [0.15, 0.2) is 53.5 Å². The molecule has 5 rings (SSSR count). The molecule has 31 heavy (non-hydrogen) atoms. The van der Waals surface area contributed by atoms with Crippen molar-refractivity contribution >= 4 is 16.8 Å². The molecule has 3 heterocycles. The zero-order valence-electron chi connectivity index (χ0n) is 16.7. The number of aromatic nitrogens is 5. The van der Waals surface area contributed by atoms with E-state index in [4.69, 9.17) is 0 Å². The van der Waals surface area contributed by atoms with Crippen LogP contribution in [0.2, 0.25) is 0 Å². The molecule has 0 aliphatic carbocycles. The van der Waals surface area contributed by atoms with Gasteiger partial charge in [-0.2, -0.15) is 10.2 Å². The van der Waals surface area contributed by atoms with E-state index in [0.717, 1.165) is 10.9 Å². The molecule has 0 bridgehead atoms. The van der Waals surface area contributed by atoms with E-state index in [0.29, 0.717) is 49.3 Å². The minimum Gasteiger partial charge on any atom is -0.349 e. The maximum Gasteiger partial charge on any atom is 0.346 e. The third kappa shape index (κ3) is 3.74. The first kappa shape index (κ1) is 19.2. The Balaban J connectivity index is 1.28. The number of hydrogen-bond donors (Lipinski definition) is 2. The van der Waals surface area contributed by atoms with E-state index in [9.17, 15) is 14.0 Å². The second-order valence-corrected chi connectivity index (χ2v) is 7.77. The van der Waals surface area contributed by atoms with Crippen LogP contribution >= 0.6 is 0 Å². The fourth-order valence-electron chi connectivity index (χ4n) is 4.06. The van der Waals surface area contributed by atoms with Crippen molar-refractivity contribution in [2.24, 2.45) is 0 Å². The number of nitrogens with one attached hydrogen (secondary N) is 2. The molecule has 1 amide bonds. The number of carbonyl (C=O) groups is 1. The number of aryl methyl sites for hydroxylation is 1. The minimum atomic E-state index is -0.312. The second-order valence-electron chi connectivity index (χ2n) is 7.77. The molecule has 4 aromatic rings. The van der Waals surface area contributed by atoms with Gasteiger partial charge in [0.25, 0.3) is 5.91 Å². The topological polar surface area (TPSA) is 97.6 Å². The summed E-state index contributed by atoms with van der Waals surface area (Å²) < 4.78 is 16.2. The maximum atomic E-state index is 13.1. The summed E-state index contributed by atoms with van der Waals surface area (Å²) in [6, 6.07) is 11.5. The van der Waals surface area contributed by atoms with Gasteiger partial charge in [-0.05, 0) is 36.6 Å². The van der Waals surface area contributed by atoms with Gasteiger partial charge in [0.05, 0.1) is 23.8 Å². The zero-order valence-corrected chi connectivity index (χ0v) is 16.7. The van der Waals surface area contributed by atoms with Crippen molar-refractivity contribution in [3.05, 3.63) is 81.9 Å². The zero-order chi connectivity index (χ0) is 21.4. The summed E-state index contributed by atoms with van der Waals surface area (Å²) >= 11 is 0. The summed E-state index contributed by atoms with van der Waals surface area (Å²) in [6.45, 7) is 0.782. The first-order valence-electron chi connectivity index (χ1n) is 10.2. The Labute approximate surface area is 176 Å². The molecule has 0 spiro atoms. The predicted octanol–water partition coefficient (Wildman–Crippen LogP) is 2.24. The third-order valence-electron chi connectivity index (χ3n) is 5.72. The summed E-state index contributed by atoms with van der Waals surface area (Å²) in [4.78, 5) is 25.6. The lowest BCUT2D eigenvalue weighted by Crippen LogP contribution is -2.36. The molecule has 1 aliphatic heterocycles. The summed E-state index contributed by atoms with van der Waals surface area (Å²) in [5.74, 6) is 0.237. The number of amides is 1. The highest BCUT2D eigenvalue weighted by Gasteiger charge is 2.23. The van der Waals surface area contributed by atoms with E-state index in [1.165, 1.54) is 16.8 Å². The number of nitrogens with zero attached hydrogens (tertiary/aromatic N) is 4. The van der Waals surface area contributed by atoms with Crippen LogP contribution in [0.5, 0.6) is 0 Å². The van der Waals surface area contributed by atoms with Crippen LogP contribution in [0, 0.1) is 5.82 Å². The first-order valence-corrected chi connectivity index (χ1v) is 10.2. The molecule has 158 valence electrons. The molecule has 1 unspecified atom stereocenters. The van der Waals surface area contributed by atoms with E-state index in [2.05, 4.69) is 20.6 Å². The fraction of sp³-hybridized carbons (Fsp3) is 0.273. The Morgan fingerprint density at radius 3 is 2.87 bits per heavy atom. The molecule has 2 aromatic heterocycles. The normalized spacial score (nSPS) is 16.1. The van der Waals surface area contributed by atoms with Gasteiger partial charge in [0.2, 0.25) is 0 Å². The SMILES string of the molecule is O=C(NC1CCc2nn(Cc3ccc(F)cc3)c(=O)n2CC1)c1cccc2cn[nH]c12. The Morgan fingerprint density at radius 2 is 2.03 bits per heavy atom. The van der Waals surface area contributed by atoms with Gasteiger partial charge in [-0.3, -0.25) is 14.5 Å². The van der Waals surface area contributed by atoms with Gasteiger partial charge < -0.3 is 5.32 Å². The average Bonchev–Trinajstić information content (AvgIpc) is 3.30. The van der Waals surface area contributed by atoms with Gasteiger partial charge in [0.1, 0.15) is 11.6 Å². The van der Waals surface area contributed by atoms with Crippen LogP contribution in [0.3, 0.4) is 0 Å². The van der Waals surface area contributed by atoms with Gasteiger partial charge in [-0.25, -0.2) is 13.9 Å². The van der Waals surface area contributed by atoms with Crippen molar-refractivity contribution in [2.75, 3.05) is 0 Å². The van der Waals surface area contributed by atoms with Gasteiger partial charge in [0.15, 0.2) is 0 Å². The number of H-pyrrole nitrogens is 1. The number of aromatic amines is 1. The lowest BCUT2D eigenvalue weighted by atomic mass is 10.1. The van der Waals surface area contributed by atoms with Crippen molar-refractivity contribution in [1.29, 1.82) is 0 Å². The number of carbonyl (C=O) groups excluding carboxylic acids is 1.